The Morgan fingerprint density at radius 2 is 2.15 bits per heavy atom. The minimum absolute atomic E-state index is 0.0950. The van der Waals surface area contributed by atoms with E-state index in [1.165, 1.54) is 0 Å². The molecule has 6 heteroatoms. The third-order valence-electron chi connectivity index (χ3n) is 2.56. The lowest BCUT2D eigenvalue weighted by molar-refractivity contribution is 0.0109. The van der Waals surface area contributed by atoms with Gasteiger partial charge in [0.05, 0.1) is 6.61 Å². The zero-order valence-corrected chi connectivity index (χ0v) is 11.3. The fraction of sp³-hybridized carbons (Fsp3) is 0.500. The van der Waals surface area contributed by atoms with Gasteiger partial charge in [-0.1, -0.05) is 13.3 Å². The van der Waals surface area contributed by atoms with Gasteiger partial charge in [0.15, 0.2) is 0 Å². The summed E-state index contributed by atoms with van der Waals surface area (Å²) in [4.78, 5) is 10.9. The van der Waals surface area contributed by atoms with Gasteiger partial charge in [0.1, 0.15) is 29.8 Å². The lowest BCUT2D eigenvalue weighted by Crippen LogP contribution is -2.24. The van der Waals surface area contributed by atoms with Crippen molar-refractivity contribution in [2.75, 3.05) is 19.8 Å². The molecule has 0 aliphatic heterocycles. The Hall–Kier alpha value is -1.66. The van der Waals surface area contributed by atoms with E-state index >= 15 is 0 Å². The molecule has 112 valence electrons. The summed E-state index contributed by atoms with van der Waals surface area (Å²) < 4.78 is 23.4. The van der Waals surface area contributed by atoms with E-state index in [1.54, 1.807) is 0 Å². The van der Waals surface area contributed by atoms with Crippen LogP contribution < -0.4 is 4.74 Å². The summed E-state index contributed by atoms with van der Waals surface area (Å²) in [5, 5.41) is 18.6. The molecule has 0 aliphatic rings. The van der Waals surface area contributed by atoms with Crippen molar-refractivity contribution in [1.29, 1.82) is 0 Å². The van der Waals surface area contributed by atoms with Crippen LogP contribution in [0.4, 0.5) is 4.39 Å². The number of rotatable bonds is 9. The van der Waals surface area contributed by atoms with Crippen LogP contribution in [0.15, 0.2) is 18.2 Å². The van der Waals surface area contributed by atoms with Crippen LogP contribution in [0.3, 0.4) is 0 Å². The number of carboxylic acid groups (broad SMARTS) is 1. The van der Waals surface area contributed by atoms with Crippen LogP contribution in [-0.4, -0.2) is 42.1 Å². The van der Waals surface area contributed by atoms with Crippen molar-refractivity contribution in [1.82, 2.24) is 0 Å². The first-order chi connectivity index (χ1) is 9.54. The average Bonchev–Trinajstić information content (AvgIpc) is 2.41. The number of aliphatic hydroxyl groups excluding tert-OH is 1. The molecule has 0 radical (unpaired) electrons. The van der Waals surface area contributed by atoms with E-state index in [0.717, 1.165) is 31.0 Å². The van der Waals surface area contributed by atoms with Gasteiger partial charge in [-0.2, -0.15) is 0 Å². The second-order valence-electron chi connectivity index (χ2n) is 4.34. The number of carboxylic acids is 1. The maximum Gasteiger partial charge on any atom is 0.339 e. The number of carbonyl (C=O) groups is 1. The van der Waals surface area contributed by atoms with E-state index in [0.29, 0.717) is 6.61 Å². The molecule has 0 saturated heterocycles. The molecule has 0 fully saturated rings. The fourth-order valence-corrected chi connectivity index (χ4v) is 1.49. The quantitative estimate of drug-likeness (QED) is 0.680. The number of ether oxygens (including phenoxy) is 2. The maximum atomic E-state index is 13.1. The topological polar surface area (TPSA) is 76.0 Å². The summed E-state index contributed by atoms with van der Waals surface area (Å²) in [6, 6.07) is 3.14. The van der Waals surface area contributed by atoms with Crippen molar-refractivity contribution in [3.05, 3.63) is 29.6 Å². The molecule has 0 saturated carbocycles. The fourth-order valence-electron chi connectivity index (χ4n) is 1.49. The smallest absolute Gasteiger partial charge is 0.339 e. The van der Waals surface area contributed by atoms with E-state index in [9.17, 15) is 14.3 Å². The average molecular weight is 286 g/mol. The predicted molar refractivity (Wildman–Crippen MR) is 70.6 cm³/mol. The van der Waals surface area contributed by atoms with E-state index < -0.39 is 17.9 Å². The van der Waals surface area contributed by atoms with Crippen LogP contribution in [0, 0.1) is 5.82 Å². The largest absolute Gasteiger partial charge is 0.490 e. The van der Waals surface area contributed by atoms with Crippen LogP contribution in [0.25, 0.3) is 0 Å². The van der Waals surface area contributed by atoms with Gasteiger partial charge in [-0.25, -0.2) is 9.18 Å². The van der Waals surface area contributed by atoms with Gasteiger partial charge < -0.3 is 19.7 Å². The monoisotopic (exact) mass is 286 g/mol. The molecule has 0 amide bonds. The molecular formula is C14H19FO5. The summed E-state index contributed by atoms with van der Waals surface area (Å²) in [5.41, 5.74) is -0.148. The summed E-state index contributed by atoms with van der Waals surface area (Å²) in [5.74, 6) is -1.92. The Morgan fingerprint density at radius 1 is 1.40 bits per heavy atom. The molecule has 1 rings (SSSR count). The first-order valence-corrected chi connectivity index (χ1v) is 6.46. The van der Waals surface area contributed by atoms with Crippen LogP contribution in [-0.2, 0) is 4.74 Å². The highest BCUT2D eigenvalue weighted by Crippen LogP contribution is 2.20. The molecule has 5 nitrogen and oxygen atoms in total. The third kappa shape index (κ3) is 5.54. The van der Waals surface area contributed by atoms with Gasteiger partial charge in [0.2, 0.25) is 0 Å². The van der Waals surface area contributed by atoms with Crippen molar-refractivity contribution in [2.24, 2.45) is 0 Å². The zero-order valence-electron chi connectivity index (χ0n) is 11.3. The number of hydrogen-bond donors (Lipinski definition) is 2. The van der Waals surface area contributed by atoms with Crippen molar-refractivity contribution in [3.63, 3.8) is 0 Å². The molecule has 1 unspecified atom stereocenters. The molecule has 1 aromatic carbocycles. The van der Waals surface area contributed by atoms with Crippen LogP contribution in [0.1, 0.15) is 30.1 Å². The van der Waals surface area contributed by atoms with Crippen molar-refractivity contribution in [3.8, 4) is 5.75 Å². The number of aliphatic hydroxyl groups is 1. The van der Waals surface area contributed by atoms with Crippen molar-refractivity contribution < 1.29 is 28.9 Å². The number of benzene rings is 1. The van der Waals surface area contributed by atoms with E-state index in [2.05, 4.69) is 0 Å². The summed E-state index contributed by atoms with van der Waals surface area (Å²) in [7, 11) is 0. The lowest BCUT2D eigenvalue weighted by atomic mass is 10.2. The second kappa shape index (κ2) is 8.50. The second-order valence-corrected chi connectivity index (χ2v) is 4.34. The van der Waals surface area contributed by atoms with Crippen LogP contribution in [0.2, 0.25) is 0 Å². The number of halogens is 1. The first-order valence-electron chi connectivity index (χ1n) is 6.46. The van der Waals surface area contributed by atoms with E-state index in [4.69, 9.17) is 14.6 Å². The summed E-state index contributed by atoms with van der Waals surface area (Å²) >= 11 is 0. The maximum absolute atomic E-state index is 13.1. The van der Waals surface area contributed by atoms with Gasteiger partial charge in [-0.15, -0.1) is 0 Å². The first kappa shape index (κ1) is 16.4. The molecule has 2 N–H and O–H groups in total. The minimum Gasteiger partial charge on any atom is -0.490 e. The Kier molecular flexibility index (Phi) is 6.97. The number of hydrogen-bond acceptors (Lipinski definition) is 4. The molecule has 1 atom stereocenters. The zero-order chi connectivity index (χ0) is 15.0. The molecule has 1 aromatic rings. The molecular weight excluding hydrogens is 267 g/mol. The SMILES string of the molecule is CCCCOCC(O)COc1cc(F)ccc1C(=O)O. The van der Waals surface area contributed by atoms with Gasteiger partial charge >= 0.3 is 5.97 Å². The molecule has 0 spiro atoms. The Morgan fingerprint density at radius 3 is 2.80 bits per heavy atom. The van der Waals surface area contributed by atoms with Gasteiger partial charge in [0.25, 0.3) is 0 Å². The molecule has 0 bridgehead atoms. The normalized spacial score (nSPS) is 12.2. The highest BCUT2D eigenvalue weighted by molar-refractivity contribution is 5.90. The van der Waals surface area contributed by atoms with E-state index in [1.807, 2.05) is 6.92 Å². The Bertz CT molecular complexity index is 436. The summed E-state index contributed by atoms with van der Waals surface area (Å²) in [6.07, 6.45) is 1.01. The van der Waals surface area contributed by atoms with Gasteiger partial charge in [-0.3, -0.25) is 0 Å². The predicted octanol–water partition coefficient (Wildman–Crippen LogP) is 2.08. The van der Waals surface area contributed by atoms with Crippen molar-refractivity contribution in [2.45, 2.75) is 25.9 Å². The van der Waals surface area contributed by atoms with Crippen molar-refractivity contribution >= 4 is 5.97 Å². The Labute approximate surface area is 116 Å². The molecule has 20 heavy (non-hydrogen) atoms. The molecule has 0 heterocycles. The molecule has 0 aliphatic carbocycles. The minimum atomic E-state index is -1.21. The highest BCUT2D eigenvalue weighted by atomic mass is 19.1. The van der Waals surface area contributed by atoms with Gasteiger partial charge in [-0.05, 0) is 18.6 Å². The van der Waals surface area contributed by atoms with E-state index in [-0.39, 0.29) is 24.5 Å². The highest BCUT2D eigenvalue weighted by Gasteiger charge is 2.14. The van der Waals surface area contributed by atoms with Crippen LogP contribution >= 0.6 is 0 Å². The Balaban J connectivity index is 2.48. The third-order valence-corrected chi connectivity index (χ3v) is 2.56. The number of aromatic carboxylic acids is 1. The lowest BCUT2D eigenvalue weighted by Gasteiger charge is -2.14. The molecule has 0 aromatic heterocycles. The van der Waals surface area contributed by atoms with Crippen LogP contribution in [0.5, 0.6) is 5.75 Å². The standard InChI is InChI=1S/C14H19FO5/c1-2-3-6-19-8-11(16)9-20-13-7-10(15)4-5-12(13)14(17)18/h4-5,7,11,16H,2-3,6,8-9H2,1H3,(H,17,18). The summed E-state index contributed by atoms with van der Waals surface area (Å²) in [6.45, 7) is 2.52. The van der Waals surface area contributed by atoms with Gasteiger partial charge in [0, 0.05) is 12.7 Å². The number of unbranched alkanes of at least 4 members (excludes halogenated alkanes) is 1.